The molecule has 0 fully saturated rings. The lowest BCUT2D eigenvalue weighted by atomic mass is 10.2. The number of aromatic nitrogens is 2. The van der Waals surface area contributed by atoms with Crippen molar-refractivity contribution in [2.24, 2.45) is 10.9 Å². The van der Waals surface area contributed by atoms with E-state index in [1.165, 1.54) is 11.1 Å². The molecule has 2 aromatic heterocycles. The van der Waals surface area contributed by atoms with Crippen LogP contribution in [-0.2, 0) is 6.42 Å². The largest absolute Gasteiger partial charge is 0.409 e. The second-order valence-corrected chi connectivity index (χ2v) is 5.04. The second-order valence-electron chi connectivity index (χ2n) is 4.00. The van der Waals surface area contributed by atoms with Gasteiger partial charge in [0.05, 0.1) is 11.8 Å². The number of nitrogens with two attached hydrogens (primary N) is 1. The normalized spacial score (nSPS) is 11.5. The Bertz CT molecular complexity index is 555. The van der Waals surface area contributed by atoms with Gasteiger partial charge >= 0.3 is 0 Å². The molecule has 0 spiro atoms. The standard InChI is InChI=1S/C12H15N5OS/c1-17(7-5-9-3-2-8-19-9)12-10(11(13)16-18)4-6-14-15-12/h2-4,6,8,18H,5,7H2,1H3,(H2,13,16). The summed E-state index contributed by atoms with van der Waals surface area (Å²) in [6, 6.07) is 5.81. The fourth-order valence-electron chi connectivity index (χ4n) is 1.70. The summed E-state index contributed by atoms with van der Waals surface area (Å²) in [6.45, 7) is 0.783. The van der Waals surface area contributed by atoms with Gasteiger partial charge in [0, 0.05) is 18.5 Å². The Morgan fingerprint density at radius 1 is 1.53 bits per heavy atom. The van der Waals surface area contributed by atoms with Gasteiger partial charge in [0.25, 0.3) is 0 Å². The molecule has 0 bridgehead atoms. The first-order valence-electron chi connectivity index (χ1n) is 5.75. The predicted octanol–water partition coefficient (Wildman–Crippen LogP) is 1.31. The van der Waals surface area contributed by atoms with Gasteiger partial charge < -0.3 is 15.8 Å². The molecule has 6 nitrogen and oxygen atoms in total. The first-order valence-corrected chi connectivity index (χ1v) is 6.63. The van der Waals surface area contributed by atoms with Gasteiger partial charge in [-0.1, -0.05) is 11.2 Å². The lowest BCUT2D eigenvalue weighted by Crippen LogP contribution is -2.26. The summed E-state index contributed by atoms with van der Waals surface area (Å²) in [6.07, 6.45) is 2.43. The van der Waals surface area contributed by atoms with Crippen molar-refractivity contribution in [3.63, 3.8) is 0 Å². The fourth-order valence-corrected chi connectivity index (χ4v) is 2.40. The molecule has 0 aromatic carbocycles. The highest BCUT2D eigenvalue weighted by atomic mass is 32.1. The molecule has 0 radical (unpaired) electrons. The highest BCUT2D eigenvalue weighted by molar-refractivity contribution is 7.09. The molecule has 0 amide bonds. The molecule has 0 aliphatic heterocycles. The Kier molecular flexibility index (Phi) is 4.30. The van der Waals surface area contributed by atoms with Crippen molar-refractivity contribution in [1.29, 1.82) is 0 Å². The topological polar surface area (TPSA) is 87.6 Å². The van der Waals surface area contributed by atoms with Crippen LogP contribution >= 0.6 is 11.3 Å². The molecule has 7 heteroatoms. The fraction of sp³-hybridized carbons (Fsp3) is 0.250. The Balaban J connectivity index is 2.12. The number of hydrogen-bond donors (Lipinski definition) is 2. The monoisotopic (exact) mass is 277 g/mol. The van der Waals surface area contributed by atoms with Gasteiger partial charge in [0.1, 0.15) is 0 Å². The van der Waals surface area contributed by atoms with E-state index in [0.29, 0.717) is 11.4 Å². The maximum absolute atomic E-state index is 8.77. The van der Waals surface area contributed by atoms with Crippen LogP contribution in [0, 0.1) is 0 Å². The minimum absolute atomic E-state index is 0.0351. The summed E-state index contributed by atoms with van der Waals surface area (Å²) in [5.74, 6) is 0.641. The number of rotatable bonds is 5. The number of likely N-dealkylation sites (N-methyl/N-ethyl adjacent to an activating group) is 1. The van der Waals surface area contributed by atoms with E-state index in [2.05, 4.69) is 26.8 Å². The van der Waals surface area contributed by atoms with E-state index in [0.717, 1.165) is 13.0 Å². The minimum atomic E-state index is 0.0351. The lowest BCUT2D eigenvalue weighted by molar-refractivity contribution is 0.318. The van der Waals surface area contributed by atoms with Crippen molar-refractivity contribution in [1.82, 2.24) is 10.2 Å². The van der Waals surface area contributed by atoms with Crippen molar-refractivity contribution in [3.8, 4) is 0 Å². The molecule has 2 aromatic rings. The molecule has 2 rings (SSSR count). The minimum Gasteiger partial charge on any atom is -0.409 e. The van der Waals surface area contributed by atoms with Crippen LogP contribution in [0.5, 0.6) is 0 Å². The van der Waals surface area contributed by atoms with Gasteiger partial charge in [-0.15, -0.1) is 16.4 Å². The highest BCUT2D eigenvalue weighted by Gasteiger charge is 2.13. The van der Waals surface area contributed by atoms with Crippen LogP contribution < -0.4 is 10.6 Å². The molecule has 100 valence electrons. The molecule has 0 aliphatic carbocycles. The molecule has 0 unspecified atom stereocenters. The molecular formula is C12H15N5OS. The van der Waals surface area contributed by atoms with Crippen LogP contribution in [0.2, 0.25) is 0 Å². The summed E-state index contributed by atoms with van der Waals surface area (Å²) in [5.41, 5.74) is 6.21. The third-order valence-electron chi connectivity index (χ3n) is 2.72. The quantitative estimate of drug-likeness (QED) is 0.372. The SMILES string of the molecule is CN(CCc1cccs1)c1nnccc1/C(N)=N/O. The first-order chi connectivity index (χ1) is 9.22. The van der Waals surface area contributed by atoms with Crippen LogP contribution in [0.3, 0.4) is 0 Å². The Morgan fingerprint density at radius 3 is 3.05 bits per heavy atom. The van der Waals surface area contributed by atoms with Gasteiger partial charge in [-0.3, -0.25) is 0 Å². The van der Waals surface area contributed by atoms with E-state index in [9.17, 15) is 0 Å². The van der Waals surface area contributed by atoms with Crippen molar-refractivity contribution >= 4 is 23.0 Å². The number of oxime groups is 1. The summed E-state index contributed by atoms with van der Waals surface area (Å²) in [7, 11) is 1.91. The van der Waals surface area contributed by atoms with Gasteiger partial charge in [0.15, 0.2) is 11.7 Å². The summed E-state index contributed by atoms with van der Waals surface area (Å²) >= 11 is 1.72. The van der Waals surface area contributed by atoms with E-state index in [-0.39, 0.29) is 5.84 Å². The maximum atomic E-state index is 8.77. The summed E-state index contributed by atoms with van der Waals surface area (Å²) < 4.78 is 0. The smallest absolute Gasteiger partial charge is 0.173 e. The van der Waals surface area contributed by atoms with Crippen molar-refractivity contribution in [3.05, 3.63) is 40.2 Å². The molecular weight excluding hydrogens is 262 g/mol. The average Bonchev–Trinajstić information content (AvgIpc) is 2.97. The molecule has 0 saturated heterocycles. The van der Waals surface area contributed by atoms with Crippen molar-refractivity contribution in [2.45, 2.75) is 6.42 Å². The first kappa shape index (κ1) is 13.3. The summed E-state index contributed by atoms with van der Waals surface area (Å²) in [4.78, 5) is 3.25. The zero-order valence-corrected chi connectivity index (χ0v) is 11.3. The molecule has 2 heterocycles. The van der Waals surface area contributed by atoms with Crippen LogP contribution in [0.15, 0.2) is 34.9 Å². The molecule has 0 atom stereocenters. The number of thiophene rings is 1. The summed E-state index contributed by atoms with van der Waals surface area (Å²) in [5, 5.41) is 21.7. The van der Waals surface area contributed by atoms with E-state index in [1.807, 2.05) is 18.0 Å². The highest BCUT2D eigenvalue weighted by Crippen LogP contribution is 2.16. The van der Waals surface area contributed by atoms with Gasteiger partial charge in [-0.25, -0.2) is 0 Å². The Labute approximate surface area is 115 Å². The zero-order valence-electron chi connectivity index (χ0n) is 10.5. The third-order valence-corrected chi connectivity index (χ3v) is 3.66. The molecule has 0 aliphatic rings. The molecule has 3 N–H and O–H groups in total. The lowest BCUT2D eigenvalue weighted by Gasteiger charge is -2.19. The van der Waals surface area contributed by atoms with Gasteiger partial charge in [0.2, 0.25) is 0 Å². The van der Waals surface area contributed by atoms with Crippen molar-refractivity contribution < 1.29 is 5.21 Å². The van der Waals surface area contributed by atoms with E-state index >= 15 is 0 Å². The van der Waals surface area contributed by atoms with Crippen LogP contribution in [0.4, 0.5) is 5.82 Å². The number of amidine groups is 1. The number of anilines is 1. The second kappa shape index (κ2) is 6.14. The average molecular weight is 277 g/mol. The number of hydrogen-bond acceptors (Lipinski definition) is 6. The van der Waals surface area contributed by atoms with E-state index < -0.39 is 0 Å². The zero-order chi connectivity index (χ0) is 13.7. The van der Waals surface area contributed by atoms with Crippen LogP contribution in [0.1, 0.15) is 10.4 Å². The molecule has 0 saturated carbocycles. The Hall–Kier alpha value is -2.15. The van der Waals surface area contributed by atoms with E-state index in [1.54, 1.807) is 17.4 Å². The van der Waals surface area contributed by atoms with Crippen LogP contribution in [-0.4, -0.2) is 34.8 Å². The number of nitrogens with zero attached hydrogens (tertiary/aromatic N) is 4. The van der Waals surface area contributed by atoms with E-state index in [4.69, 9.17) is 10.9 Å². The maximum Gasteiger partial charge on any atom is 0.173 e. The van der Waals surface area contributed by atoms with Gasteiger partial charge in [-0.2, -0.15) is 5.10 Å². The third kappa shape index (κ3) is 3.19. The van der Waals surface area contributed by atoms with Crippen molar-refractivity contribution in [2.75, 3.05) is 18.5 Å². The van der Waals surface area contributed by atoms with Gasteiger partial charge in [-0.05, 0) is 23.9 Å². The Morgan fingerprint density at radius 2 is 2.37 bits per heavy atom. The predicted molar refractivity (Wildman–Crippen MR) is 75.8 cm³/mol. The van der Waals surface area contributed by atoms with Crippen LogP contribution in [0.25, 0.3) is 0 Å². The molecule has 19 heavy (non-hydrogen) atoms.